The molecule has 1 aliphatic heterocycles. The Morgan fingerprint density at radius 2 is 1.91 bits per heavy atom. The van der Waals surface area contributed by atoms with Crippen molar-refractivity contribution in [3.63, 3.8) is 0 Å². The molecule has 0 aliphatic carbocycles. The number of amides is 1. The summed E-state index contributed by atoms with van der Waals surface area (Å²) in [6.45, 7) is 2.95. The Kier molecular flexibility index (Phi) is 7.11. The Balaban J connectivity index is 1.28. The van der Waals surface area contributed by atoms with Crippen molar-refractivity contribution < 1.29 is 4.79 Å². The number of hydrogen-bond acceptors (Lipinski definition) is 5. The fraction of sp³-hybridized carbons (Fsp3) is 0.370. The average molecular weight is 489 g/mol. The second-order valence-corrected chi connectivity index (χ2v) is 10.2. The SMILES string of the molecule is CN(C(=O)c1ccn(C)n1)[C@@H](Cc1ccccc1)C1CCN(Cc2cccn2-c2nccs2)CC1. The third-order valence-corrected chi connectivity index (χ3v) is 7.83. The van der Waals surface area contributed by atoms with Gasteiger partial charge in [-0.05, 0) is 62.0 Å². The zero-order chi connectivity index (χ0) is 24.2. The van der Waals surface area contributed by atoms with Crippen LogP contribution in [-0.4, -0.2) is 61.2 Å². The van der Waals surface area contributed by atoms with Gasteiger partial charge in [0.1, 0.15) is 5.69 Å². The Hall–Kier alpha value is -3.23. The van der Waals surface area contributed by atoms with Crippen LogP contribution in [-0.2, 0) is 20.0 Å². The molecule has 0 bridgehead atoms. The zero-order valence-corrected chi connectivity index (χ0v) is 21.1. The highest BCUT2D eigenvalue weighted by atomic mass is 32.1. The number of carbonyl (C=O) groups is 1. The number of rotatable bonds is 8. The summed E-state index contributed by atoms with van der Waals surface area (Å²) in [4.78, 5) is 22.2. The maximum atomic E-state index is 13.3. The molecule has 1 aliphatic rings. The number of likely N-dealkylation sites (tertiary alicyclic amines) is 1. The summed E-state index contributed by atoms with van der Waals surface area (Å²) in [6, 6.07) is 16.7. The Bertz CT molecular complexity index is 1220. The van der Waals surface area contributed by atoms with Gasteiger partial charge in [-0.3, -0.25) is 18.9 Å². The molecule has 1 amide bonds. The molecule has 8 heteroatoms. The predicted octanol–water partition coefficient (Wildman–Crippen LogP) is 4.26. The maximum absolute atomic E-state index is 13.3. The van der Waals surface area contributed by atoms with Crippen LogP contribution >= 0.6 is 11.3 Å². The fourth-order valence-electron chi connectivity index (χ4n) is 5.13. The van der Waals surface area contributed by atoms with E-state index in [-0.39, 0.29) is 11.9 Å². The lowest BCUT2D eigenvalue weighted by molar-refractivity contribution is 0.0577. The van der Waals surface area contributed by atoms with Crippen LogP contribution in [0.15, 0.2) is 72.5 Å². The summed E-state index contributed by atoms with van der Waals surface area (Å²) in [5.41, 5.74) is 3.04. The normalized spacial score (nSPS) is 15.8. The van der Waals surface area contributed by atoms with Crippen LogP contribution in [0.4, 0.5) is 0 Å². The van der Waals surface area contributed by atoms with Crippen molar-refractivity contribution in [1.82, 2.24) is 29.1 Å². The second kappa shape index (κ2) is 10.6. The van der Waals surface area contributed by atoms with Gasteiger partial charge < -0.3 is 4.90 Å². The quantitative estimate of drug-likeness (QED) is 0.372. The smallest absolute Gasteiger partial charge is 0.274 e. The molecule has 0 unspecified atom stereocenters. The lowest BCUT2D eigenvalue weighted by Crippen LogP contribution is -2.47. The van der Waals surface area contributed by atoms with E-state index in [0.29, 0.717) is 11.6 Å². The molecule has 1 atom stereocenters. The van der Waals surface area contributed by atoms with Gasteiger partial charge in [-0.15, -0.1) is 11.3 Å². The van der Waals surface area contributed by atoms with Crippen LogP contribution in [0.5, 0.6) is 0 Å². The van der Waals surface area contributed by atoms with Gasteiger partial charge in [-0.2, -0.15) is 5.10 Å². The first-order valence-electron chi connectivity index (χ1n) is 12.2. The summed E-state index contributed by atoms with van der Waals surface area (Å²) < 4.78 is 3.88. The van der Waals surface area contributed by atoms with E-state index in [9.17, 15) is 4.79 Å². The number of hydrogen-bond donors (Lipinski definition) is 0. The first kappa shape index (κ1) is 23.5. The zero-order valence-electron chi connectivity index (χ0n) is 20.3. The summed E-state index contributed by atoms with van der Waals surface area (Å²) in [5.74, 6) is 0.435. The standard InChI is InChI=1S/C27H32N6OS/c1-30-15-12-24(29-30)26(34)31(2)25(19-21-7-4-3-5-8-21)22-10-16-32(17-11-22)20-23-9-6-14-33(23)27-28-13-18-35-27/h3-9,12-15,18,22,25H,10-11,16-17,19-20H2,1-2H3/t25-/m0/s1. The number of aromatic nitrogens is 4. The van der Waals surface area contributed by atoms with E-state index in [4.69, 9.17) is 0 Å². The van der Waals surface area contributed by atoms with E-state index < -0.39 is 0 Å². The van der Waals surface area contributed by atoms with E-state index in [1.165, 1.54) is 11.3 Å². The molecule has 35 heavy (non-hydrogen) atoms. The van der Waals surface area contributed by atoms with Crippen molar-refractivity contribution in [3.05, 3.63) is 89.5 Å². The van der Waals surface area contributed by atoms with Crippen molar-refractivity contribution in [1.29, 1.82) is 0 Å². The molecule has 4 heterocycles. The van der Waals surface area contributed by atoms with Crippen LogP contribution in [0.2, 0.25) is 0 Å². The predicted molar refractivity (Wildman–Crippen MR) is 139 cm³/mol. The number of carbonyl (C=O) groups excluding carboxylic acids is 1. The minimum Gasteiger partial charge on any atom is -0.337 e. The molecule has 1 saturated heterocycles. The lowest BCUT2D eigenvalue weighted by atomic mass is 9.84. The lowest BCUT2D eigenvalue weighted by Gasteiger charge is -2.40. The third kappa shape index (κ3) is 5.39. The molecule has 0 saturated carbocycles. The summed E-state index contributed by atoms with van der Waals surface area (Å²) in [6.07, 6.45) is 8.76. The minimum absolute atomic E-state index is 0.00441. The molecular formula is C27H32N6OS. The van der Waals surface area contributed by atoms with Gasteiger partial charge >= 0.3 is 0 Å². The summed E-state index contributed by atoms with van der Waals surface area (Å²) in [7, 11) is 3.79. The molecule has 182 valence electrons. The molecule has 7 nitrogen and oxygen atoms in total. The van der Waals surface area contributed by atoms with Gasteiger partial charge in [0, 0.05) is 56.3 Å². The molecule has 1 aromatic carbocycles. The molecule has 0 spiro atoms. The van der Waals surface area contributed by atoms with Crippen LogP contribution in [0.1, 0.15) is 34.6 Å². The number of piperidine rings is 1. The van der Waals surface area contributed by atoms with Gasteiger partial charge in [-0.1, -0.05) is 30.3 Å². The number of nitrogens with zero attached hydrogens (tertiary/aromatic N) is 6. The first-order valence-corrected chi connectivity index (χ1v) is 13.1. The highest BCUT2D eigenvalue weighted by Gasteiger charge is 2.32. The molecule has 3 aromatic heterocycles. The van der Waals surface area contributed by atoms with Crippen molar-refractivity contribution in [2.24, 2.45) is 13.0 Å². The summed E-state index contributed by atoms with van der Waals surface area (Å²) >= 11 is 1.66. The second-order valence-electron chi connectivity index (χ2n) is 9.35. The van der Waals surface area contributed by atoms with Crippen LogP contribution in [0, 0.1) is 5.92 Å². The monoisotopic (exact) mass is 488 g/mol. The number of likely N-dealkylation sites (N-methyl/N-ethyl adjacent to an activating group) is 1. The van der Waals surface area contributed by atoms with Crippen molar-refractivity contribution in [2.75, 3.05) is 20.1 Å². The van der Waals surface area contributed by atoms with Crippen molar-refractivity contribution in [2.45, 2.75) is 31.8 Å². The van der Waals surface area contributed by atoms with E-state index in [0.717, 1.165) is 44.0 Å². The molecule has 5 rings (SSSR count). The molecule has 4 aromatic rings. The van der Waals surface area contributed by atoms with E-state index >= 15 is 0 Å². The maximum Gasteiger partial charge on any atom is 0.274 e. The Labute approximate surface area is 210 Å². The summed E-state index contributed by atoms with van der Waals surface area (Å²) in [5, 5.41) is 7.39. The Morgan fingerprint density at radius 3 is 2.60 bits per heavy atom. The van der Waals surface area contributed by atoms with Gasteiger partial charge in [0.25, 0.3) is 5.91 Å². The number of aryl methyl sites for hydroxylation is 1. The van der Waals surface area contributed by atoms with Crippen molar-refractivity contribution >= 4 is 17.2 Å². The molecule has 1 fully saturated rings. The van der Waals surface area contributed by atoms with Crippen LogP contribution in [0.3, 0.4) is 0 Å². The van der Waals surface area contributed by atoms with Gasteiger partial charge in [0.15, 0.2) is 5.13 Å². The third-order valence-electron chi connectivity index (χ3n) is 7.06. The minimum atomic E-state index is -0.00441. The van der Waals surface area contributed by atoms with E-state index in [1.807, 2.05) is 42.8 Å². The van der Waals surface area contributed by atoms with Crippen molar-refractivity contribution in [3.8, 4) is 5.13 Å². The van der Waals surface area contributed by atoms with E-state index in [2.05, 4.69) is 62.1 Å². The van der Waals surface area contributed by atoms with Gasteiger partial charge in [0.2, 0.25) is 0 Å². The number of thiazole rings is 1. The topological polar surface area (TPSA) is 59.2 Å². The van der Waals surface area contributed by atoms with Gasteiger partial charge in [-0.25, -0.2) is 4.98 Å². The largest absolute Gasteiger partial charge is 0.337 e. The van der Waals surface area contributed by atoms with Crippen LogP contribution in [0.25, 0.3) is 5.13 Å². The molecule has 0 N–H and O–H groups in total. The fourth-order valence-corrected chi connectivity index (χ4v) is 5.78. The van der Waals surface area contributed by atoms with E-state index in [1.54, 1.807) is 22.1 Å². The Morgan fingerprint density at radius 1 is 1.11 bits per heavy atom. The van der Waals surface area contributed by atoms with Crippen LogP contribution < -0.4 is 0 Å². The first-order chi connectivity index (χ1) is 17.1. The highest BCUT2D eigenvalue weighted by molar-refractivity contribution is 7.12. The number of benzene rings is 1. The van der Waals surface area contributed by atoms with Gasteiger partial charge in [0.05, 0.1) is 0 Å². The molecule has 0 radical (unpaired) electrons. The molecular weight excluding hydrogens is 456 g/mol. The highest BCUT2D eigenvalue weighted by Crippen LogP contribution is 2.28. The average Bonchev–Trinajstić information content (AvgIpc) is 3.65.